The van der Waals surface area contributed by atoms with Crippen molar-refractivity contribution < 1.29 is 8.78 Å². The fraction of sp³-hybridized carbons (Fsp3) is 0.143. The standard InChI is InChI=1S/C14H12BrF2N/c1-9-2-3-11(16)6-10(9)8-18-12-4-5-14(17)13(15)7-12/h2-7,18H,8H2,1H3. The van der Waals surface area contributed by atoms with Crippen molar-refractivity contribution in [2.75, 3.05) is 5.32 Å². The van der Waals surface area contributed by atoms with Crippen molar-refractivity contribution >= 4 is 21.6 Å². The minimum atomic E-state index is -0.303. The van der Waals surface area contributed by atoms with Gasteiger partial charge in [0.1, 0.15) is 11.6 Å². The molecule has 1 N–H and O–H groups in total. The third-order valence-electron chi connectivity index (χ3n) is 2.71. The third-order valence-corrected chi connectivity index (χ3v) is 3.32. The van der Waals surface area contributed by atoms with Crippen LogP contribution in [0.15, 0.2) is 40.9 Å². The average molecular weight is 312 g/mol. The molecule has 0 saturated heterocycles. The summed E-state index contributed by atoms with van der Waals surface area (Å²) in [6, 6.07) is 9.37. The molecule has 4 heteroatoms. The number of aryl methyl sites for hydroxylation is 1. The van der Waals surface area contributed by atoms with E-state index in [1.54, 1.807) is 18.2 Å². The molecule has 0 heterocycles. The second kappa shape index (κ2) is 5.48. The summed E-state index contributed by atoms with van der Waals surface area (Å²) in [5.41, 5.74) is 2.69. The predicted octanol–water partition coefficient (Wildman–Crippen LogP) is 4.65. The molecule has 18 heavy (non-hydrogen) atoms. The van der Waals surface area contributed by atoms with E-state index < -0.39 is 0 Å². The molecular formula is C14H12BrF2N. The lowest BCUT2D eigenvalue weighted by Gasteiger charge is -2.09. The Balaban J connectivity index is 2.11. The predicted molar refractivity (Wildman–Crippen MR) is 72.6 cm³/mol. The number of halogens is 3. The van der Waals surface area contributed by atoms with Crippen LogP contribution >= 0.6 is 15.9 Å². The van der Waals surface area contributed by atoms with E-state index in [4.69, 9.17) is 0 Å². The second-order valence-electron chi connectivity index (χ2n) is 4.05. The molecule has 0 saturated carbocycles. The Labute approximate surface area is 113 Å². The number of benzene rings is 2. The Bertz CT molecular complexity index is 570. The van der Waals surface area contributed by atoms with Crippen LogP contribution in [0.3, 0.4) is 0 Å². The maximum atomic E-state index is 13.1. The van der Waals surface area contributed by atoms with E-state index in [2.05, 4.69) is 21.2 Å². The molecule has 0 fully saturated rings. The molecule has 0 bridgehead atoms. The molecule has 0 amide bonds. The maximum Gasteiger partial charge on any atom is 0.137 e. The van der Waals surface area contributed by atoms with Crippen molar-refractivity contribution in [1.82, 2.24) is 0 Å². The quantitative estimate of drug-likeness (QED) is 0.870. The number of anilines is 1. The van der Waals surface area contributed by atoms with Gasteiger partial charge in [0, 0.05) is 12.2 Å². The number of rotatable bonds is 3. The van der Waals surface area contributed by atoms with Crippen LogP contribution in [0.25, 0.3) is 0 Å². The van der Waals surface area contributed by atoms with Crippen molar-refractivity contribution in [3.05, 3.63) is 63.6 Å². The highest BCUT2D eigenvalue weighted by Crippen LogP contribution is 2.21. The summed E-state index contributed by atoms with van der Waals surface area (Å²) in [7, 11) is 0. The molecule has 0 aromatic heterocycles. The van der Waals surface area contributed by atoms with Gasteiger partial charge >= 0.3 is 0 Å². The zero-order valence-corrected chi connectivity index (χ0v) is 11.4. The van der Waals surface area contributed by atoms with Gasteiger partial charge in [-0.15, -0.1) is 0 Å². The van der Waals surface area contributed by atoms with Crippen LogP contribution in [0.2, 0.25) is 0 Å². The highest BCUT2D eigenvalue weighted by atomic mass is 79.9. The molecular weight excluding hydrogens is 300 g/mol. The normalized spacial score (nSPS) is 10.4. The van der Waals surface area contributed by atoms with Crippen molar-refractivity contribution in [1.29, 1.82) is 0 Å². The van der Waals surface area contributed by atoms with E-state index in [0.717, 1.165) is 16.8 Å². The minimum absolute atomic E-state index is 0.252. The van der Waals surface area contributed by atoms with E-state index in [1.807, 2.05) is 6.92 Å². The lowest BCUT2D eigenvalue weighted by atomic mass is 10.1. The minimum Gasteiger partial charge on any atom is -0.381 e. The van der Waals surface area contributed by atoms with Crippen LogP contribution in [-0.4, -0.2) is 0 Å². The molecule has 0 aliphatic rings. The van der Waals surface area contributed by atoms with Crippen molar-refractivity contribution in [2.24, 2.45) is 0 Å². The topological polar surface area (TPSA) is 12.0 Å². The first-order chi connectivity index (χ1) is 8.56. The third kappa shape index (κ3) is 3.07. The molecule has 0 atom stereocenters. The highest BCUT2D eigenvalue weighted by Gasteiger charge is 2.03. The monoisotopic (exact) mass is 311 g/mol. The van der Waals surface area contributed by atoms with Crippen molar-refractivity contribution in [3.63, 3.8) is 0 Å². The van der Waals surface area contributed by atoms with Gasteiger partial charge in [0.25, 0.3) is 0 Å². The summed E-state index contributed by atoms with van der Waals surface area (Å²) in [5.74, 6) is -0.555. The van der Waals surface area contributed by atoms with Crippen LogP contribution in [0.5, 0.6) is 0 Å². The number of hydrogen-bond donors (Lipinski definition) is 1. The van der Waals surface area contributed by atoms with E-state index in [0.29, 0.717) is 11.0 Å². The Kier molecular flexibility index (Phi) is 3.97. The lowest BCUT2D eigenvalue weighted by molar-refractivity contribution is 0.621. The molecule has 2 rings (SSSR count). The number of nitrogens with one attached hydrogen (secondary N) is 1. The van der Waals surface area contributed by atoms with Crippen LogP contribution in [0.4, 0.5) is 14.5 Å². The maximum absolute atomic E-state index is 13.1. The molecule has 0 radical (unpaired) electrons. The van der Waals surface area contributed by atoms with Crippen molar-refractivity contribution in [2.45, 2.75) is 13.5 Å². The Morgan fingerprint density at radius 1 is 1.11 bits per heavy atom. The molecule has 94 valence electrons. The summed E-state index contributed by atoms with van der Waals surface area (Å²) in [6.45, 7) is 2.43. The lowest BCUT2D eigenvalue weighted by Crippen LogP contribution is -2.02. The first kappa shape index (κ1) is 13.0. The van der Waals surface area contributed by atoms with Gasteiger partial charge in [0.2, 0.25) is 0 Å². The van der Waals surface area contributed by atoms with E-state index in [-0.39, 0.29) is 11.6 Å². The van der Waals surface area contributed by atoms with Crippen LogP contribution in [-0.2, 0) is 6.54 Å². The van der Waals surface area contributed by atoms with Gasteiger partial charge in [-0.2, -0.15) is 0 Å². The zero-order chi connectivity index (χ0) is 13.1. The fourth-order valence-corrected chi connectivity index (χ4v) is 2.01. The molecule has 2 aromatic rings. The summed E-state index contributed by atoms with van der Waals surface area (Å²) in [6.07, 6.45) is 0. The Hall–Kier alpha value is -1.42. The van der Waals surface area contributed by atoms with E-state index in [1.165, 1.54) is 18.2 Å². The van der Waals surface area contributed by atoms with Crippen LogP contribution in [0, 0.1) is 18.6 Å². The summed E-state index contributed by atoms with van der Waals surface area (Å²) < 4.78 is 26.6. The van der Waals surface area contributed by atoms with E-state index in [9.17, 15) is 8.78 Å². The smallest absolute Gasteiger partial charge is 0.137 e. The summed E-state index contributed by atoms with van der Waals surface area (Å²) >= 11 is 3.12. The molecule has 0 spiro atoms. The van der Waals surface area contributed by atoms with Gasteiger partial charge in [-0.1, -0.05) is 6.07 Å². The fourth-order valence-electron chi connectivity index (χ4n) is 1.63. The van der Waals surface area contributed by atoms with Gasteiger partial charge in [0.05, 0.1) is 4.47 Å². The van der Waals surface area contributed by atoms with Crippen LogP contribution < -0.4 is 5.32 Å². The second-order valence-corrected chi connectivity index (χ2v) is 4.91. The van der Waals surface area contributed by atoms with Gasteiger partial charge in [-0.3, -0.25) is 0 Å². The Morgan fingerprint density at radius 3 is 2.61 bits per heavy atom. The first-order valence-corrected chi connectivity index (χ1v) is 6.29. The average Bonchev–Trinajstić information content (AvgIpc) is 2.34. The molecule has 0 unspecified atom stereocenters. The van der Waals surface area contributed by atoms with Crippen molar-refractivity contribution in [3.8, 4) is 0 Å². The molecule has 2 aromatic carbocycles. The van der Waals surface area contributed by atoms with Crippen LogP contribution in [0.1, 0.15) is 11.1 Å². The largest absolute Gasteiger partial charge is 0.381 e. The zero-order valence-electron chi connectivity index (χ0n) is 9.81. The van der Waals surface area contributed by atoms with Gasteiger partial charge in [-0.05, 0) is 64.3 Å². The number of hydrogen-bond acceptors (Lipinski definition) is 1. The first-order valence-electron chi connectivity index (χ1n) is 5.50. The summed E-state index contributed by atoms with van der Waals surface area (Å²) in [4.78, 5) is 0. The molecule has 1 nitrogen and oxygen atoms in total. The highest BCUT2D eigenvalue weighted by molar-refractivity contribution is 9.10. The SMILES string of the molecule is Cc1ccc(F)cc1CNc1ccc(F)c(Br)c1. The van der Waals surface area contributed by atoms with Gasteiger partial charge in [0.15, 0.2) is 0 Å². The Morgan fingerprint density at radius 2 is 1.89 bits per heavy atom. The van der Waals surface area contributed by atoms with Gasteiger partial charge in [-0.25, -0.2) is 8.78 Å². The molecule has 0 aliphatic carbocycles. The molecule has 0 aliphatic heterocycles. The van der Waals surface area contributed by atoms with Gasteiger partial charge < -0.3 is 5.32 Å². The summed E-state index contributed by atoms with van der Waals surface area (Å²) in [5, 5.41) is 3.13. The van der Waals surface area contributed by atoms with E-state index >= 15 is 0 Å².